The molecule has 4 heteroatoms. The van der Waals surface area contributed by atoms with Gasteiger partial charge in [-0.25, -0.2) is 8.78 Å². The maximum absolute atomic E-state index is 14.6. The van der Waals surface area contributed by atoms with Crippen LogP contribution in [-0.4, -0.2) is 0 Å². The van der Waals surface area contributed by atoms with Gasteiger partial charge in [-0.15, -0.1) is 0 Å². The van der Waals surface area contributed by atoms with Crippen LogP contribution in [0.5, 0.6) is 0 Å². The van der Waals surface area contributed by atoms with E-state index in [1.54, 1.807) is 0 Å². The van der Waals surface area contributed by atoms with Crippen molar-refractivity contribution in [3.63, 3.8) is 0 Å². The molecule has 0 N–H and O–H groups in total. The zero-order chi connectivity index (χ0) is 28.6. The number of halogens is 4. The average Bonchev–Trinajstić information content (AvgIpc) is 3.54. The van der Waals surface area contributed by atoms with E-state index in [1.165, 1.54) is 46.2 Å². The van der Waals surface area contributed by atoms with Crippen molar-refractivity contribution in [1.29, 1.82) is 0 Å². The Kier molecular flexibility index (Phi) is 5.67. The lowest BCUT2D eigenvalue weighted by molar-refractivity contribution is 0.441. The van der Waals surface area contributed by atoms with Gasteiger partial charge < -0.3 is 0 Å². The van der Waals surface area contributed by atoms with E-state index in [0.29, 0.717) is 10.0 Å². The summed E-state index contributed by atoms with van der Waals surface area (Å²) in [5.74, 6) is -0.624. The minimum Gasteiger partial charge on any atom is -0.207 e. The van der Waals surface area contributed by atoms with Gasteiger partial charge in [-0.05, 0) is 117 Å². The molecule has 0 aliphatic heterocycles. The lowest BCUT2D eigenvalue weighted by Crippen LogP contribution is -2.49. The first-order valence-corrected chi connectivity index (χ1v) is 14.8. The van der Waals surface area contributed by atoms with E-state index < -0.39 is 10.8 Å². The van der Waals surface area contributed by atoms with Crippen LogP contribution in [0, 0.1) is 11.6 Å². The number of rotatable bonds is 4. The van der Waals surface area contributed by atoms with Gasteiger partial charge in [-0.2, -0.15) is 0 Å². The second kappa shape index (κ2) is 9.26. The average molecular weight is 590 g/mol. The zero-order valence-electron chi connectivity index (χ0n) is 22.5. The van der Waals surface area contributed by atoms with Gasteiger partial charge >= 0.3 is 0 Å². The molecule has 0 aromatic heterocycles. The molecule has 2 aliphatic carbocycles. The first kappa shape index (κ1) is 25.7. The fraction of sp³-hybridized carbons (Fsp3) is 0.105. The predicted octanol–water partition coefficient (Wildman–Crippen LogP) is 10.2. The van der Waals surface area contributed by atoms with Gasteiger partial charge in [0.05, 0.1) is 10.8 Å². The van der Waals surface area contributed by atoms with Gasteiger partial charge in [-0.3, -0.25) is 0 Å². The Hall–Kier alpha value is -3.98. The summed E-state index contributed by atoms with van der Waals surface area (Å²) < 4.78 is 29.2. The van der Waals surface area contributed by atoms with Crippen molar-refractivity contribution in [2.75, 3.05) is 0 Å². The van der Waals surface area contributed by atoms with Crippen LogP contribution < -0.4 is 0 Å². The summed E-state index contributed by atoms with van der Waals surface area (Å²) in [6.07, 6.45) is 1.98. The molecule has 0 heterocycles. The summed E-state index contributed by atoms with van der Waals surface area (Å²) in [6.45, 7) is 0. The highest BCUT2D eigenvalue weighted by molar-refractivity contribution is 6.30. The SMILES string of the molecule is Fc1ccc(C2(c3ccc(F)cc3)c3ccc4c5c(ccc(c35)C2(c2ccc(Cl)cc2)c2ccc(Cl)cc2)CC4)cc1. The van der Waals surface area contributed by atoms with Crippen molar-refractivity contribution in [2.45, 2.75) is 23.7 Å². The van der Waals surface area contributed by atoms with Crippen LogP contribution in [-0.2, 0) is 23.7 Å². The summed E-state index contributed by atoms with van der Waals surface area (Å²) in [5, 5.41) is 3.77. The molecule has 0 saturated carbocycles. The molecule has 0 bridgehead atoms. The molecular weight excluding hydrogens is 565 g/mol. The van der Waals surface area contributed by atoms with Gasteiger partial charge in [0, 0.05) is 10.0 Å². The van der Waals surface area contributed by atoms with E-state index in [2.05, 4.69) is 48.5 Å². The number of hydrogen-bond acceptors (Lipinski definition) is 0. The van der Waals surface area contributed by atoms with Gasteiger partial charge in [0.2, 0.25) is 0 Å². The zero-order valence-corrected chi connectivity index (χ0v) is 24.0. The number of hydrogen-bond donors (Lipinski definition) is 0. The van der Waals surface area contributed by atoms with E-state index in [0.717, 1.165) is 46.2 Å². The minimum absolute atomic E-state index is 0.312. The Labute approximate surface area is 253 Å². The molecule has 42 heavy (non-hydrogen) atoms. The van der Waals surface area contributed by atoms with Crippen molar-refractivity contribution >= 4 is 34.0 Å². The number of aryl methyl sites for hydroxylation is 2. The third-order valence-corrected chi connectivity index (χ3v) is 9.98. The highest BCUT2D eigenvalue weighted by atomic mass is 35.5. The normalized spacial score (nSPS) is 15.8. The fourth-order valence-corrected chi connectivity index (χ4v) is 8.23. The van der Waals surface area contributed by atoms with Crippen LogP contribution in [0.3, 0.4) is 0 Å². The second-order valence-electron chi connectivity index (χ2n) is 11.3. The van der Waals surface area contributed by atoms with Gasteiger partial charge in [0.15, 0.2) is 0 Å². The van der Waals surface area contributed by atoms with Crippen molar-refractivity contribution in [2.24, 2.45) is 0 Å². The Morgan fingerprint density at radius 2 is 0.738 bits per heavy atom. The molecule has 0 atom stereocenters. The maximum Gasteiger partial charge on any atom is 0.123 e. The van der Waals surface area contributed by atoms with Crippen LogP contribution in [0.4, 0.5) is 8.78 Å². The largest absolute Gasteiger partial charge is 0.207 e. The summed E-state index contributed by atoms with van der Waals surface area (Å²) >= 11 is 13.0. The van der Waals surface area contributed by atoms with E-state index in [9.17, 15) is 8.78 Å². The third-order valence-electron chi connectivity index (χ3n) is 9.48. The lowest BCUT2D eigenvalue weighted by Gasteiger charge is -2.49. The number of benzene rings is 6. The Bertz CT molecular complexity index is 1760. The standard InChI is InChI=1S/C38H24Cl2F2/c39-29-13-5-25(6-14-29)37(26-7-15-30(40)16-8-26)33-21-3-23-1-2-24-4-22-34(36(33)35(23)24)38(37,27-9-17-31(41)18-10-27)28-11-19-32(42)20-12-28/h3-22H,1-2H2. The van der Waals surface area contributed by atoms with E-state index in [-0.39, 0.29) is 11.6 Å². The Balaban J connectivity index is 1.67. The molecule has 0 nitrogen and oxygen atoms in total. The molecule has 204 valence electrons. The molecule has 0 radical (unpaired) electrons. The van der Waals surface area contributed by atoms with Crippen molar-refractivity contribution < 1.29 is 8.78 Å². The van der Waals surface area contributed by atoms with Gasteiger partial charge in [0.25, 0.3) is 0 Å². The van der Waals surface area contributed by atoms with Crippen LogP contribution in [0.1, 0.15) is 44.5 Å². The first-order chi connectivity index (χ1) is 20.4. The Morgan fingerprint density at radius 3 is 1.10 bits per heavy atom. The highest BCUT2D eigenvalue weighted by Crippen LogP contribution is 2.67. The summed E-state index contributed by atoms with van der Waals surface area (Å²) in [4.78, 5) is 0. The molecule has 8 rings (SSSR count). The predicted molar refractivity (Wildman–Crippen MR) is 167 cm³/mol. The van der Waals surface area contributed by atoms with Crippen molar-refractivity contribution in [3.8, 4) is 0 Å². The lowest BCUT2D eigenvalue weighted by atomic mass is 9.50. The summed E-state index contributed by atoms with van der Waals surface area (Å²) in [5.41, 5.74) is 7.04. The van der Waals surface area contributed by atoms with Crippen LogP contribution in [0.2, 0.25) is 10.0 Å². The van der Waals surface area contributed by atoms with E-state index in [1.807, 2.05) is 48.5 Å². The molecular formula is C38H24Cl2F2. The highest BCUT2D eigenvalue weighted by Gasteiger charge is 2.62. The third kappa shape index (κ3) is 3.28. The van der Waals surface area contributed by atoms with E-state index >= 15 is 0 Å². The molecule has 6 aromatic carbocycles. The van der Waals surface area contributed by atoms with Gasteiger partial charge in [0.1, 0.15) is 11.6 Å². The maximum atomic E-state index is 14.6. The molecule has 0 amide bonds. The van der Waals surface area contributed by atoms with E-state index in [4.69, 9.17) is 23.2 Å². The molecule has 0 saturated heterocycles. The minimum atomic E-state index is -0.905. The monoisotopic (exact) mass is 588 g/mol. The van der Waals surface area contributed by atoms with Gasteiger partial charge in [-0.1, -0.05) is 96.0 Å². The topological polar surface area (TPSA) is 0 Å². The second-order valence-corrected chi connectivity index (χ2v) is 12.2. The molecule has 0 spiro atoms. The molecule has 2 aliphatic rings. The van der Waals surface area contributed by atoms with Crippen LogP contribution in [0.15, 0.2) is 121 Å². The summed E-state index contributed by atoms with van der Waals surface area (Å²) in [7, 11) is 0. The van der Waals surface area contributed by atoms with Crippen LogP contribution in [0.25, 0.3) is 10.8 Å². The fourth-order valence-electron chi connectivity index (χ4n) is 7.98. The molecule has 0 unspecified atom stereocenters. The van der Waals surface area contributed by atoms with Crippen LogP contribution >= 0.6 is 23.2 Å². The summed E-state index contributed by atoms with van der Waals surface area (Å²) in [6, 6.07) is 38.7. The Morgan fingerprint density at radius 1 is 0.405 bits per heavy atom. The van der Waals surface area contributed by atoms with Crippen molar-refractivity contribution in [1.82, 2.24) is 0 Å². The smallest absolute Gasteiger partial charge is 0.123 e. The van der Waals surface area contributed by atoms with Crippen molar-refractivity contribution in [3.05, 3.63) is 188 Å². The quantitative estimate of drug-likeness (QED) is 0.192. The molecule has 6 aromatic rings. The molecule has 0 fully saturated rings. The first-order valence-electron chi connectivity index (χ1n) is 14.1.